The first-order valence-corrected chi connectivity index (χ1v) is 9.55. The van der Waals surface area contributed by atoms with Crippen molar-refractivity contribution in [1.29, 1.82) is 0 Å². The number of nitrogens with one attached hydrogen (secondary N) is 1. The molecule has 0 radical (unpaired) electrons. The largest absolute Gasteiger partial charge is 0.457 e. The zero-order valence-electron chi connectivity index (χ0n) is 17.4. The first kappa shape index (κ1) is 21.0. The first-order valence-electron chi connectivity index (χ1n) is 9.55. The maximum Gasteiger partial charge on any atom is 0.275 e. The number of non-ortho nitro benzene ring substituents is 1. The Labute approximate surface area is 174 Å². The van der Waals surface area contributed by atoms with E-state index in [1.54, 1.807) is 16.9 Å². The Morgan fingerprint density at radius 2 is 1.90 bits per heavy atom. The molecular formula is C22H24N4O4. The number of hydrogen-bond acceptors (Lipinski definition) is 5. The van der Waals surface area contributed by atoms with Crippen molar-refractivity contribution in [1.82, 2.24) is 9.78 Å². The maximum atomic E-state index is 12.3. The Hall–Kier alpha value is -3.68. The van der Waals surface area contributed by atoms with E-state index in [2.05, 4.69) is 10.4 Å². The lowest BCUT2D eigenvalue weighted by molar-refractivity contribution is -0.384. The highest BCUT2D eigenvalue weighted by Gasteiger charge is 2.14. The second-order valence-corrected chi connectivity index (χ2v) is 7.36. The number of nitrogens with zero attached hydrogens (tertiary/aromatic N) is 3. The van der Waals surface area contributed by atoms with Crippen molar-refractivity contribution in [3.63, 3.8) is 0 Å². The van der Waals surface area contributed by atoms with Gasteiger partial charge in [0.2, 0.25) is 5.91 Å². The minimum atomic E-state index is -0.511. The fourth-order valence-electron chi connectivity index (χ4n) is 3.08. The average molecular weight is 408 g/mol. The van der Waals surface area contributed by atoms with Gasteiger partial charge in [-0.15, -0.1) is 0 Å². The molecule has 0 atom stereocenters. The molecule has 3 rings (SSSR count). The van der Waals surface area contributed by atoms with E-state index in [0.29, 0.717) is 18.0 Å². The molecule has 0 aliphatic rings. The summed E-state index contributed by atoms with van der Waals surface area (Å²) in [5.74, 6) is 0.645. The number of benzene rings is 2. The van der Waals surface area contributed by atoms with Gasteiger partial charge in [-0.25, -0.2) is 0 Å². The number of aromatic nitrogens is 2. The van der Waals surface area contributed by atoms with E-state index in [1.165, 1.54) is 12.1 Å². The molecule has 1 amide bonds. The van der Waals surface area contributed by atoms with E-state index in [9.17, 15) is 14.9 Å². The predicted octanol–water partition coefficient (Wildman–Crippen LogP) is 4.85. The van der Waals surface area contributed by atoms with Gasteiger partial charge in [-0.05, 0) is 56.0 Å². The number of hydrogen-bond donors (Lipinski definition) is 1. The molecule has 0 saturated heterocycles. The van der Waals surface area contributed by atoms with Gasteiger partial charge in [0.05, 0.1) is 22.9 Å². The van der Waals surface area contributed by atoms with E-state index < -0.39 is 4.92 Å². The molecule has 8 nitrogen and oxygen atoms in total. The van der Waals surface area contributed by atoms with Crippen LogP contribution in [0.2, 0.25) is 0 Å². The van der Waals surface area contributed by atoms with Crippen molar-refractivity contribution in [2.75, 3.05) is 5.32 Å². The molecule has 1 aromatic heterocycles. The minimum absolute atomic E-state index is 0.160. The Morgan fingerprint density at radius 1 is 1.13 bits per heavy atom. The Morgan fingerprint density at radius 3 is 2.57 bits per heavy atom. The van der Waals surface area contributed by atoms with Gasteiger partial charge in [-0.2, -0.15) is 5.10 Å². The van der Waals surface area contributed by atoms with Crippen LogP contribution >= 0.6 is 0 Å². The third-order valence-electron chi connectivity index (χ3n) is 4.71. The van der Waals surface area contributed by atoms with Crippen LogP contribution in [0.25, 0.3) is 0 Å². The highest BCUT2D eigenvalue weighted by atomic mass is 16.6. The molecule has 1 heterocycles. The number of ether oxygens (including phenoxy) is 1. The van der Waals surface area contributed by atoms with Gasteiger partial charge in [0.25, 0.3) is 5.69 Å². The molecule has 2 aromatic carbocycles. The minimum Gasteiger partial charge on any atom is -0.457 e. The van der Waals surface area contributed by atoms with Crippen LogP contribution in [0.1, 0.15) is 28.7 Å². The van der Waals surface area contributed by atoms with Crippen LogP contribution < -0.4 is 10.1 Å². The predicted molar refractivity (Wildman–Crippen MR) is 114 cm³/mol. The summed E-state index contributed by atoms with van der Waals surface area (Å²) in [6, 6.07) is 8.17. The number of nitro groups is 1. The number of anilines is 1. The van der Waals surface area contributed by atoms with Crippen molar-refractivity contribution in [3.8, 4) is 11.5 Å². The molecule has 3 aromatic rings. The SMILES string of the molecule is Cc1cc(C)c(C)c(Oc2cc(NC(=O)CCn3cc(C)cn3)cc([N+](=O)[O-])c2)c1. The number of carbonyl (C=O) groups excluding carboxylic acids is 1. The normalized spacial score (nSPS) is 10.7. The molecule has 0 fully saturated rings. The van der Waals surface area contributed by atoms with E-state index in [4.69, 9.17) is 4.74 Å². The standard InChI is InChI=1S/C22H24N4O4/c1-14-7-16(3)17(4)21(8-14)30-20-10-18(9-19(11-20)26(28)29)24-22(27)5-6-25-13-15(2)12-23-25/h7-13H,5-6H2,1-4H3,(H,24,27). The summed E-state index contributed by atoms with van der Waals surface area (Å²) in [5, 5.41) is 18.2. The van der Waals surface area contributed by atoms with Crippen molar-refractivity contribution >= 4 is 17.3 Å². The van der Waals surface area contributed by atoms with Gasteiger partial charge in [-0.3, -0.25) is 19.6 Å². The highest BCUT2D eigenvalue weighted by molar-refractivity contribution is 5.91. The van der Waals surface area contributed by atoms with Gasteiger partial charge in [0.15, 0.2) is 0 Å². The Balaban J connectivity index is 1.79. The zero-order valence-corrected chi connectivity index (χ0v) is 17.4. The molecule has 0 aliphatic carbocycles. The molecule has 30 heavy (non-hydrogen) atoms. The third-order valence-corrected chi connectivity index (χ3v) is 4.71. The molecule has 156 valence electrons. The molecular weight excluding hydrogens is 384 g/mol. The van der Waals surface area contributed by atoms with Crippen molar-refractivity contribution in [2.24, 2.45) is 0 Å². The number of amides is 1. The summed E-state index contributed by atoms with van der Waals surface area (Å²) in [5.41, 5.74) is 4.21. The summed E-state index contributed by atoms with van der Waals surface area (Å²) >= 11 is 0. The van der Waals surface area contributed by atoms with Gasteiger partial charge < -0.3 is 10.1 Å². The molecule has 8 heteroatoms. The average Bonchev–Trinajstić information content (AvgIpc) is 3.09. The summed E-state index contributed by atoms with van der Waals surface area (Å²) < 4.78 is 7.63. The molecule has 0 spiro atoms. The molecule has 0 bridgehead atoms. The summed E-state index contributed by atoms with van der Waals surface area (Å²) in [4.78, 5) is 23.2. The number of aryl methyl sites for hydroxylation is 4. The van der Waals surface area contributed by atoms with Crippen LogP contribution in [-0.4, -0.2) is 20.6 Å². The van der Waals surface area contributed by atoms with Crippen LogP contribution in [-0.2, 0) is 11.3 Å². The van der Waals surface area contributed by atoms with Crippen LogP contribution in [0.15, 0.2) is 42.7 Å². The third kappa shape index (κ3) is 5.22. The Bertz CT molecular complexity index is 1100. The van der Waals surface area contributed by atoms with Crippen LogP contribution in [0.5, 0.6) is 11.5 Å². The van der Waals surface area contributed by atoms with Crippen molar-refractivity contribution < 1.29 is 14.5 Å². The molecule has 0 unspecified atom stereocenters. The van der Waals surface area contributed by atoms with Crippen LogP contribution in [0.3, 0.4) is 0 Å². The van der Waals surface area contributed by atoms with Gasteiger partial charge in [-0.1, -0.05) is 6.07 Å². The van der Waals surface area contributed by atoms with E-state index >= 15 is 0 Å². The monoisotopic (exact) mass is 408 g/mol. The Kier molecular flexibility index (Phi) is 6.15. The fourth-order valence-corrected chi connectivity index (χ4v) is 3.08. The molecule has 1 N–H and O–H groups in total. The first-order chi connectivity index (χ1) is 14.2. The summed E-state index contributed by atoms with van der Waals surface area (Å²) in [6.45, 7) is 8.21. The quantitative estimate of drug-likeness (QED) is 0.445. The molecule has 0 aliphatic heterocycles. The van der Waals surface area contributed by atoms with Gasteiger partial charge >= 0.3 is 0 Å². The van der Waals surface area contributed by atoms with Crippen molar-refractivity contribution in [2.45, 2.75) is 40.7 Å². The summed E-state index contributed by atoms with van der Waals surface area (Å²) in [7, 11) is 0. The van der Waals surface area contributed by atoms with Gasteiger partial charge in [0, 0.05) is 31.3 Å². The van der Waals surface area contributed by atoms with E-state index in [0.717, 1.165) is 22.3 Å². The summed E-state index contributed by atoms with van der Waals surface area (Å²) in [6.07, 6.45) is 3.76. The lowest BCUT2D eigenvalue weighted by Crippen LogP contribution is -2.15. The van der Waals surface area contributed by atoms with Crippen molar-refractivity contribution in [3.05, 3.63) is 75.1 Å². The number of nitro benzene ring substituents is 1. The van der Waals surface area contributed by atoms with E-state index in [1.807, 2.05) is 46.0 Å². The van der Waals surface area contributed by atoms with Crippen LogP contribution in [0.4, 0.5) is 11.4 Å². The topological polar surface area (TPSA) is 99.3 Å². The number of carbonyl (C=O) groups is 1. The second kappa shape index (κ2) is 8.77. The molecule has 0 saturated carbocycles. The lowest BCUT2D eigenvalue weighted by Gasteiger charge is -2.13. The zero-order chi connectivity index (χ0) is 21.8. The second-order valence-electron chi connectivity index (χ2n) is 7.36. The fraction of sp³-hybridized carbons (Fsp3) is 0.273. The maximum absolute atomic E-state index is 12.3. The van der Waals surface area contributed by atoms with Crippen LogP contribution in [0, 0.1) is 37.8 Å². The smallest absolute Gasteiger partial charge is 0.275 e. The van der Waals surface area contributed by atoms with Gasteiger partial charge in [0.1, 0.15) is 11.5 Å². The van der Waals surface area contributed by atoms with E-state index in [-0.39, 0.29) is 23.8 Å². The lowest BCUT2D eigenvalue weighted by atomic mass is 10.1. The highest BCUT2D eigenvalue weighted by Crippen LogP contribution is 2.33. The number of rotatable bonds is 7.